The van der Waals surface area contributed by atoms with Gasteiger partial charge in [0.2, 0.25) is 0 Å². The first-order valence-corrected chi connectivity index (χ1v) is 6.63. The molecule has 0 bridgehead atoms. The Morgan fingerprint density at radius 2 is 1.81 bits per heavy atom. The molecule has 0 spiro atoms. The third kappa shape index (κ3) is 4.81. The highest BCUT2D eigenvalue weighted by Crippen LogP contribution is 2.13. The van der Waals surface area contributed by atoms with Crippen LogP contribution in [-0.2, 0) is 4.79 Å². The maximum absolute atomic E-state index is 11.6. The summed E-state index contributed by atoms with van der Waals surface area (Å²) in [5.74, 6) is 0.282. The molecule has 2 rings (SSSR count). The Kier molecular flexibility index (Phi) is 5.17. The van der Waals surface area contributed by atoms with Gasteiger partial charge in [0.15, 0.2) is 6.61 Å². The van der Waals surface area contributed by atoms with Crippen molar-refractivity contribution in [3.63, 3.8) is 0 Å². The Labute approximate surface area is 123 Å². The molecule has 1 unspecified atom stereocenters. The molecule has 2 aromatic carbocycles. The van der Waals surface area contributed by atoms with Crippen LogP contribution in [-0.4, -0.2) is 24.2 Å². The normalized spacial score (nSPS) is 11.7. The van der Waals surface area contributed by atoms with E-state index in [9.17, 15) is 9.90 Å². The van der Waals surface area contributed by atoms with Gasteiger partial charge in [-0.2, -0.15) is 0 Å². The van der Waals surface area contributed by atoms with E-state index in [0.717, 1.165) is 5.56 Å². The molecule has 110 valence electrons. The zero-order valence-electron chi connectivity index (χ0n) is 11.5. The lowest BCUT2D eigenvalue weighted by Crippen LogP contribution is -2.32. The Bertz CT molecular complexity index is 570. The topological polar surface area (TPSA) is 84.6 Å². The third-order valence-electron chi connectivity index (χ3n) is 2.93. The minimum Gasteiger partial charge on any atom is -0.484 e. The zero-order valence-corrected chi connectivity index (χ0v) is 11.5. The Balaban J connectivity index is 1.73. The molecule has 21 heavy (non-hydrogen) atoms. The summed E-state index contributed by atoms with van der Waals surface area (Å²) in [7, 11) is 0. The first-order valence-electron chi connectivity index (χ1n) is 6.63. The van der Waals surface area contributed by atoms with Gasteiger partial charge in [0.1, 0.15) is 5.75 Å². The number of nitrogens with two attached hydrogens (primary N) is 1. The summed E-state index contributed by atoms with van der Waals surface area (Å²) in [6.07, 6.45) is -0.730. The largest absolute Gasteiger partial charge is 0.484 e. The lowest BCUT2D eigenvalue weighted by atomic mass is 10.1. The molecule has 1 atom stereocenters. The van der Waals surface area contributed by atoms with Crippen molar-refractivity contribution >= 4 is 11.6 Å². The van der Waals surface area contributed by atoms with Gasteiger partial charge in [-0.25, -0.2) is 0 Å². The molecule has 0 aliphatic rings. The van der Waals surface area contributed by atoms with E-state index >= 15 is 0 Å². The van der Waals surface area contributed by atoms with Crippen molar-refractivity contribution in [3.05, 3.63) is 60.2 Å². The zero-order chi connectivity index (χ0) is 15.1. The highest BCUT2D eigenvalue weighted by atomic mass is 16.5. The molecule has 0 radical (unpaired) electrons. The van der Waals surface area contributed by atoms with Crippen molar-refractivity contribution in [2.75, 3.05) is 18.9 Å². The Morgan fingerprint density at radius 1 is 1.14 bits per heavy atom. The van der Waals surface area contributed by atoms with Crippen molar-refractivity contribution in [2.45, 2.75) is 6.10 Å². The predicted octanol–water partition coefficient (Wildman–Crippen LogP) is 1.50. The average Bonchev–Trinajstić information content (AvgIpc) is 2.53. The molecule has 2 aromatic rings. The van der Waals surface area contributed by atoms with Crippen LogP contribution in [0.25, 0.3) is 0 Å². The number of anilines is 1. The van der Waals surface area contributed by atoms with E-state index in [1.807, 2.05) is 30.3 Å². The standard InChI is InChI=1S/C16H18N2O3/c17-13-6-8-14(9-7-13)21-11-16(20)18-10-15(19)12-4-2-1-3-5-12/h1-9,15,19H,10-11,17H2,(H,18,20). The number of hydrogen-bond acceptors (Lipinski definition) is 4. The molecule has 0 fully saturated rings. The summed E-state index contributed by atoms with van der Waals surface area (Å²) >= 11 is 0. The number of carbonyl (C=O) groups excluding carboxylic acids is 1. The van der Waals surface area contributed by atoms with E-state index in [0.29, 0.717) is 11.4 Å². The predicted molar refractivity (Wildman–Crippen MR) is 80.8 cm³/mol. The van der Waals surface area contributed by atoms with Crippen molar-refractivity contribution in [3.8, 4) is 5.75 Å². The lowest BCUT2D eigenvalue weighted by molar-refractivity contribution is -0.123. The van der Waals surface area contributed by atoms with Gasteiger partial charge in [-0.3, -0.25) is 4.79 Å². The number of aliphatic hydroxyl groups excluding tert-OH is 1. The Hall–Kier alpha value is -2.53. The van der Waals surface area contributed by atoms with Crippen molar-refractivity contribution in [1.29, 1.82) is 0 Å². The van der Waals surface area contributed by atoms with Gasteiger partial charge in [-0.05, 0) is 29.8 Å². The summed E-state index contributed by atoms with van der Waals surface area (Å²) in [5.41, 5.74) is 6.95. The average molecular weight is 286 g/mol. The molecule has 5 heteroatoms. The van der Waals surface area contributed by atoms with Gasteiger partial charge in [0.05, 0.1) is 6.10 Å². The maximum Gasteiger partial charge on any atom is 0.258 e. The first-order chi connectivity index (χ1) is 10.1. The van der Waals surface area contributed by atoms with Crippen LogP contribution in [0.5, 0.6) is 5.75 Å². The summed E-state index contributed by atoms with van der Waals surface area (Å²) < 4.78 is 5.31. The van der Waals surface area contributed by atoms with Gasteiger partial charge in [-0.15, -0.1) is 0 Å². The highest BCUT2D eigenvalue weighted by molar-refractivity contribution is 5.77. The van der Waals surface area contributed by atoms with Crippen LogP contribution in [0.3, 0.4) is 0 Å². The summed E-state index contributed by atoms with van der Waals surface area (Å²) in [5, 5.41) is 12.5. The van der Waals surface area contributed by atoms with Gasteiger partial charge >= 0.3 is 0 Å². The number of hydrogen-bond donors (Lipinski definition) is 3. The van der Waals surface area contributed by atoms with Gasteiger partial charge in [-0.1, -0.05) is 30.3 Å². The Morgan fingerprint density at radius 3 is 2.48 bits per heavy atom. The smallest absolute Gasteiger partial charge is 0.258 e. The van der Waals surface area contributed by atoms with Crippen molar-refractivity contribution in [2.24, 2.45) is 0 Å². The van der Waals surface area contributed by atoms with Crippen LogP contribution in [0.1, 0.15) is 11.7 Å². The first kappa shape index (κ1) is 14.9. The second-order valence-electron chi connectivity index (χ2n) is 4.59. The number of nitrogen functional groups attached to an aromatic ring is 1. The fraction of sp³-hybridized carbons (Fsp3) is 0.188. The van der Waals surface area contributed by atoms with Gasteiger partial charge < -0.3 is 20.9 Å². The second kappa shape index (κ2) is 7.31. The number of benzene rings is 2. The summed E-state index contributed by atoms with van der Waals surface area (Å²) in [4.78, 5) is 11.6. The van der Waals surface area contributed by atoms with E-state index in [1.165, 1.54) is 0 Å². The molecule has 4 N–H and O–H groups in total. The van der Waals surface area contributed by atoms with Crippen LogP contribution >= 0.6 is 0 Å². The minimum absolute atomic E-state index is 0.106. The number of carbonyl (C=O) groups is 1. The molecular weight excluding hydrogens is 268 g/mol. The van der Waals surface area contributed by atoms with E-state index in [2.05, 4.69) is 5.32 Å². The molecule has 0 heterocycles. The fourth-order valence-electron chi connectivity index (χ4n) is 1.77. The van der Waals surface area contributed by atoms with Crippen LogP contribution in [0.2, 0.25) is 0 Å². The van der Waals surface area contributed by atoms with Crippen LogP contribution in [0.15, 0.2) is 54.6 Å². The molecule has 0 aromatic heterocycles. The molecule has 1 amide bonds. The number of aliphatic hydroxyl groups is 1. The highest BCUT2D eigenvalue weighted by Gasteiger charge is 2.09. The number of amides is 1. The monoisotopic (exact) mass is 286 g/mol. The van der Waals surface area contributed by atoms with E-state index in [4.69, 9.17) is 10.5 Å². The summed E-state index contributed by atoms with van der Waals surface area (Å²) in [6.45, 7) is 0.0410. The lowest BCUT2D eigenvalue weighted by Gasteiger charge is -2.12. The fourth-order valence-corrected chi connectivity index (χ4v) is 1.77. The molecule has 0 aliphatic heterocycles. The third-order valence-corrected chi connectivity index (χ3v) is 2.93. The molecule has 0 aliphatic carbocycles. The van der Waals surface area contributed by atoms with Crippen molar-refractivity contribution < 1.29 is 14.6 Å². The SMILES string of the molecule is Nc1ccc(OCC(=O)NCC(O)c2ccccc2)cc1. The van der Waals surface area contributed by atoms with Crippen LogP contribution in [0, 0.1) is 0 Å². The second-order valence-corrected chi connectivity index (χ2v) is 4.59. The van der Waals surface area contributed by atoms with E-state index < -0.39 is 6.10 Å². The number of ether oxygens (including phenoxy) is 1. The molecular formula is C16H18N2O3. The van der Waals surface area contributed by atoms with Crippen molar-refractivity contribution in [1.82, 2.24) is 5.32 Å². The van der Waals surface area contributed by atoms with E-state index in [-0.39, 0.29) is 19.1 Å². The number of nitrogens with one attached hydrogen (secondary N) is 1. The molecule has 5 nitrogen and oxygen atoms in total. The van der Waals surface area contributed by atoms with Gasteiger partial charge in [0.25, 0.3) is 5.91 Å². The molecule has 0 saturated carbocycles. The van der Waals surface area contributed by atoms with Crippen LogP contribution < -0.4 is 15.8 Å². The maximum atomic E-state index is 11.6. The summed E-state index contributed by atoms with van der Waals surface area (Å²) in [6, 6.07) is 16.0. The quantitative estimate of drug-likeness (QED) is 0.703. The minimum atomic E-state index is -0.730. The van der Waals surface area contributed by atoms with E-state index in [1.54, 1.807) is 24.3 Å². The van der Waals surface area contributed by atoms with Gasteiger partial charge in [0, 0.05) is 12.2 Å². The number of rotatable bonds is 6. The molecule has 0 saturated heterocycles. The van der Waals surface area contributed by atoms with Crippen LogP contribution in [0.4, 0.5) is 5.69 Å².